The average Bonchev–Trinajstić information content (AvgIpc) is 2.40. The maximum absolute atomic E-state index is 9.10. The average molecular weight is 246 g/mol. The fraction of sp³-hybridized carbons (Fsp3) is 0.500. The van der Waals surface area contributed by atoms with Crippen molar-refractivity contribution in [3.63, 3.8) is 0 Å². The fourth-order valence-corrected chi connectivity index (χ4v) is 3.04. The topological polar surface area (TPSA) is 35.8 Å². The molecule has 0 unspecified atom stereocenters. The minimum atomic E-state index is 0.0751. The third-order valence-corrected chi connectivity index (χ3v) is 4.39. The van der Waals surface area contributed by atoms with Crippen LogP contribution in [-0.4, -0.2) is 19.3 Å². The summed E-state index contributed by atoms with van der Waals surface area (Å²) in [4.78, 5) is 1.29. The van der Waals surface area contributed by atoms with Crippen molar-refractivity contribution < 1.29 is 0 Å². The molecule has 1 N–H and O–H groups in total. The van der Waals surface area contributed by atoms with Gasteiger partial charge in [0.2, 0.25) is 0 Å². The van der Waals surface area contributed by atoms with Crippen LogP contribution in [0.5, 0.6) is 0 Å². The van der Waals surface area contributed by atoms with Crippen LogP contribution in [0.1, 0.15) is 24.8 Å². The zero-order valence-electron chi connectivity index (χ0n) is 10.2. The molecule has 17 heavy (non-hydrogen) atoms. The van der Waals surface area contributed by atoms with Crippen molar-refractivity contribution in [1.82, 2.24) is 5.32 Å². The summed E-state index contributed by atoms with van der Waals surface area (Å²) < 4.78 is 0. The van der Waals surface area contributed by atoms with Gasteiger partial charge in [-0.2, -0.15) is 5.26 Å². The molecular weight excluding hydrogens is 228 g/mol. The largest absolute Gasteiger partial charge is 0.317 e. The summed E-state index contributed by atoms with van der Waals surface area (Å²) in [6, 6.07) is 11.1. The second kappa shape index (κ2) is 5.57. The molecular formula is C14H18N2S. The first-order valence-electron chi connectivity index (χ1n) is 6.03. The molecule has 1 heterocycles. The number of nitriles is 1. The maximum Gasteiger partial charge on any atom is 0.0631 e. The van der Waals surface area contributed by atoms with E-state index in [1.165, 1.54) is 10.5 Å². The Morgan fingerprint density at radius 1 is 1.41 bits per heavy atom. The summed E-state index contributed by atoms with van der Waals surface area (Å²) >= 11 is 1.77. The van der Waals surface area contributed by atoms with Gasteiger partial charge in [-0.25, -0.2) is 0 Å². The third kappa shape index (κ3) is 2.65. The number of rotatable bonds is 3. The van der Waals surface area contributed by atoms with E-state index in [1.54, 1.807) is 11.8 Å². The molecule has 90 valence electrons. The lowest BCUT2D eigenvalue weighted by Gasteiger charge is -2.36. The van der Waals surface area contributed by atoms with Gasteiger partial charge >= 0.3 is 0 Å². The molecule has 2 nitrogen and oxygen atoms in total. The summed E-state index contributed by atoms with van der Waals surface area (Å²) in [6.07, 6.45) is 4.86. The van der Waals surface area contributed by atoms with E-state index in [1.807, 2.05) is 0 Å². The smallest absolute Gasteiger partial charge is 0.0631 e. The molecule has 3 heteroatoms. The summed E-state index contributed by atoms with van der Waals surface area (Å²) in [5.41, 5.74) is 1.42. The Hall–Kier alpha value is -0.980. The lowest BCUT2D eigenvalue weighted by atomic mass is 9.71. The normalized spacial score (nSPS) is 18.6. The standard InChI is InChI=1S/C14H18N2S/c1-17-13-4-2-3-12(11-13)14(5-8-15)6-9-16-10-7-14/h2-4,11,16H,5-7,9-10H2,1H3. The highest BCUT2D eigenvalue weighted by Crippen LogP contribution is 2.37. The SMILES string of the molecule is CSc1cccc(C2(CC#N)CCNCC2)c1. The van der Waals surface area contributed by atoms with E-state index in [4.69, 9.17) is 5.26 Å². The van der Waals surface area contributed by atoms with E-state index < -0.39 is 0 Å². The number of hydrogen-bond donors (Lipinski definition) is 1. The minimum absolute atomic E-state index is 0.0751. The zero-order valence-corrected chi connectivity index (χ0v) is 11.0. The molecule has 0 radical (unpaired) electrons. The molecule has 1 aliphatic rings. The summed E-state index contributed by atoms with van der Waals surface area (Å²) in [7, 11) is 0. The van der Waals surface area contributed by atoms with Crippen LogP contribution in [0, 0.1) is 11.3 Å². The zero-order chi connectivity index (χ0) is 12.1. The Kier molecular flexibility index (Phi) is 4.09. The molecule has 1 aromatic carbocycles. The van der Waals surface area contributed by atoms with E-state index in [0.29, 0.717) is 6.42 Å². The predicted octanol–water partition coefficient (Wildman–Crippen LogP) is 2.94. The van der Waals surface area contributed by atoms with E-state index in [9.17, 15) is 0 Å². The van der Waals surface area contributed by atoms with Crippen molar-refractivity contribution >= 4 is 11.8 Å². The van der Waals surface area contributed by atoms with E-state index in [0.717, 1.165) is 25.9 Å². The van der Waals surface area contributed by atoms with Crippen molar-refractivity contribution in [2.45, 2.75) is 29.6 Å². The van der Waals surface area contributed by atoms with Gasteiger partial charge in [-0.05, 0) is 49.9 Å². The van der Waals surface area contributed by atoms with Crippen LogP contribution in [0.2, 0.25) is 0 Å². The molecule has 1 aliphatic heterocycles. The lowest BCUT2D eigenvalue weighted by Crippen LogP contribution is -2.39. The number of nitrogens with zero attached hydrogens (tertiary/aromatic N) is 1. The monoisotopic (exact) mass is 246 g/mol. The van der Waals surface area contributed by atoms with E-state index in [2.05, 4.69) is 41.9 Å². The van der Waals surface area contributed by atoms with Gasteiger partial charge in [-0.1, -0.05) is 12.1 Å². The van der Waals surface area contributed by atoms with Gasteiger partial charge in [0.15, 0.2) is 0 Å². The molecule has 0 amide bonds. The first kappa shape index (κ1) is 12.5. The molecule has 0 aromatic heterocycles. The second-order valence-corrected chi connectivity index (χ2v) is 5.48. The van der Waals surface area contributed by atoms with Crippen molar-refractivity contribution in [1.29, 1.82) is 5.26 Å². The quantitative estimate of drug-likeness (QED) is 0.833. The maximum atomic E-state index is 9.10. The Morgan fingerprint density at radius 2 is 2.18 bits per heavy atom. The van der Waals surface area contributed by atoms with Gasteiger partial charge in [-0.3, -0.25) is 0 Å². The Morgan fingerprint density at radius 3 is 2.82 bits per heavy atom. The van der Waals surface area contributed by atoms with Gasteiger partial charge in [0.25, 0.3) is 0 Å². The molecule has 1 aromatic rings. The van der Waals surface area contributed by atoms with E-state index in [-0.39, 0.29) is 5.41 Å². The minimum Gasteiger partial charge on any atom is -0.317 e. The van der Waals surface area contributed by atoms with Crippen LogP contribution >= 0.6 is 11.8 Å². The number of nitrogens with one attached hydrogen (secondary N) is 1. The number of thioether (sulfide) groups is 1. The van der Waals surface area contributed by atoms with Crippen molar-refractivity contribution in [2.24, 2.45) is 0 Å². The van der Waals surface area contributed by atoms with Gasteiger partial charge < -0.3 is 5.32 Å². The third-order valence-electron chi connectivity index (χ3n) is 3.66. The molecule has 0 saturated carbocycles. The van der Waals surface area contributed by atoms with Crippen LogP contribution in [0.15, 0.2) is 29.2 Å². The number of hydrogen-bond acceptors (Lipinski definition) is 3. The number of benzene rings is 1. The van der Waals surface area contributed by atoms with Crippen molar-refractivity contribution in [3.05, 3.63) is 29.8 Å². The van der Waals surface area contributed by atoms with Crippen LogP contribution in [0.4, 0.5) is 0 Å². The highest BCUT2D eigenvalue weighted by Gasteiger charge is 2.33. The first-order valence-corrected chi connectivity index (χ1v) is 7.25. The van der Waals surface area contributed by atoms with Gasteiger partial charge in [0.05, 0.1) is 6.07 Å². The summed E-state index contributed by atoms with van der Waals surface area (Å²) in [6.45, 7) is 2.04. The van der Waals surface area contributed by atoms with Gasteiger partial charge in [-0.15, -0.1) is 11.8 Å². The number of piperidine rings is 1. The van der Waals surface area contributed by atoms with Gasteiger partial charge in [0.1, 0.15) is 0 Å². The van der Waals surface area contributed by atoms with Crippen molar-refractivity contribution in [2.75, 3.05) is 19.3 Å². The van der Waals surface area contributed by atoms with Crippen LogP contribution in [0.3, 0.4) is 0 Å². The summed E-state index contributed by atoms with van der Waals surface area (Å²) in [5, 5.41) is 12.5. The van der Waals surface area contributed by atoms with Crippen LogP contribution < -0.4 is 5.32 Å². The Labute approximate surface area is 107 Å². The first-order chi connectivity index (χ1) is 8.30. The Bertz CT molecular complexity index is 416. The predicted molar refractivity (Wildman–Crippen MR) is 72.2 cm³/mol. The lowest BCUT2D eigenvalue weighted by molar-refractivity contribution is 0.312. The fourth-order valence-electron chi connectivity index (χ4n) is 2.58. The van der Waals surface area contributed by atoms with Gasteiger partial charge in [0, 0.05) is 16.7 Å². The molecule has 0 spiro atoms. The second-order valence-electron chi connectivity index (χ2n) is 4.60. The highest BCUT2D eigenvalue weighted by atomic mass is 32.2. The van der Waals surface area contributed by atoms with Crippen LogP contribution in [-0.2, 0) is 5.41 Å². The molecule has 1 saturated heterocycles. The van der Waals surface area contributed by atoms with Crippen LogP contribution in [0.25, 0.3) is 0 Å². The highest BCUT2D eigenvalue weighted by molar-refractivity contribution is 7.98. The molecule has 0 atom stereocenters. The van der Waals surface area contributed by atoms with Crippen molar-refractivity contribution in [3.8, 4) is 6.07 Å². The summed E-state index contributed by atoms with van der Waals surface area (Å²) in [5.74, 6) is 0. The van der Waals surface area contributed by atoms with E-state index >= 15 is 0 Å². The molecule has 2 rings (SSSR count). The molecule has 0 bridgehead atoms. The molecule has 0 aliphatic carbocycles. The molecule has 1 fully saturated rings. The Balaban J connectivity index is 2.34.